The van der Waals surface area contributed by atoms with Crippen LogP contribution in [0.4, 0.5) is 37.2 Å². The maximum absolute atomic E-state index is 17.1. The van der Waals surface area contributed by atoms with E-state index in [1.165, 1.54) is 0 Å². The lowest BCUT2D eigenvalue weighted by molar-refractivity contribution is -0.137. The van der Waals surface area contributed by atoms with Crippen molar-refractivity contribution in [2.75, 3.05) is 50.0 Å². The van der Waals surface area contributed by atoms with Crippen molar-refractivity contribution >= 4 is 49.1 Å². The Hall–Kier alpha value is -4.36. The van der Waals surface area contributed by atoms with Crippen LogP contribution in [0.1, 0.15) is 49.7 Å². The number of alkyl halides is 4. The molecule has 16 heteroatoms. The molecule has 0 bridgehead atoms. The fraction of sp³-hybridized carbons (Fsp3) is 0.471. The van der Waals surface area contributed by atoms with Crippen LogP contribution in [0.25, 0.3) is 32.1 Å². The highest BCUT2D eigenvalue weighted by atomic mass is 32.1. The average molecular weight is 716 g/mol. The summed E-state index contributed by atoms with van der Waals surface area (Å²) in [5, 5.41) is 9.26. The number of nitriles is 1. The predicted molar refractivity (Wildman–Crippen MR) is 175 cm³/mol. The molecule has 3 atom stereocenters. The van der Waals surface area contributed by atoms with Gasteiger partial charge in [0.15, 0.2) is 5.82 Å². The second-order valence-corrected chi connectivity index (χ2v) is 14.6. The average Bonchev–Trinajstić information content (AvgIpc) is 3.76. The van der Waals surface area contributed by atoms with Gasteiger partial charge in [-0.1, -0.05) is 6.07 Å². The molecule has 0 aliphatic carbocycles. The molecule has 9 nitrogen and oxygen atoms in total. The Kier molecular flexibility index (Phi) is 7.79. The number of aromatic nitrogens is 2. The minimum atomic E-state index is -5.10. The van der Waals surface area contributed by atoms with Crippen LogP contribution in [0, 0.1) is 23.0 Å². The van der Waals surface area contributed by atoms with Crippen molar-refractivity contribution in [2.45, 2.75) is 62.5 Å². The second kappa shape index (κ2) is 11.9. The smallest absolute Gasteiger partial charge is 0.417 e. The Labute approximate surface area is 286 Å². The summed E-state index contributed by atoms with van der Waals surface area (Å²) in [6, 6.07) is 4.04. The van der Waals surface area contributed by atoms with E-state index in [2.05, 4.69) is 9.97 Å². The zero-order chi connectivity index (χ0) is 35.1. The fourth-order valence-electron chi connectivity index (χ4n) is 8.40. The third-order valence-electron chi connectivity index (χ3n) is 10.6. The number of halogens is 6. The van der Waals surface area contributed by atoms with Crippen LogP contribution in [0.2, 0.25) is 0 Å². The van der Waals surface area contributed by atoms with Crippen molar-refractivity contribution in [1.29, 1.82) is 5.26 Å². The number of benzene rings is 2. The summed E-state index contributed by atoms with van der Waals surface area (Å²) < 4.78 is 97.5. The normalized spacial score (nSPS) is 24.2. The number of carbonyl (C=O) groups excluding carboxylic acids is 1. The van der Waals surface area contributed by atoms with Crippen LogP contribution >= 0.6 is 11.3 Å². The zero-order valence-corrected chi connectivity index (χ0v) is 27.4. The quantitative estimate of drug-likeness (QED) is 0.236. The number of carbonyl (C=O) groups is 1. The molecule has 3 unspecified atom stereocenters. The lowest BCUT2D eigenvalue weighted by atomic mass is 9.92. The summed E-state index contributed by atoms with van der Waals surface area (Å²) in [7, 11) is 0. The molecule has 50 heavy (non-hydrogen) atoms. The number of hydrogen-bond donors (Lipinski definition) is 1. The predicted octanol–water partition coefficient (Wildman–Crippen LogP) is 6.42. The first kappa shape index (κ1) is 32.8. The third-order valence-corrected chi connectivity index (χ3v) is 11.7. The van der Waals surface area contributed by atoms with E-state index in [9.17, 15) is 18.8 Å². The molecule has 262 valence electrons. The Morgan fingerprint density at radius 1 is 1.14 bits per heavy atom. The number of rotatable bonds is 5. The molecule has 4 aromatic rings. The van der Waals surface area contributed by atoms with Gasteiger partial charge >= 0.3 is 12.2 Å². The number of anilines is 2. The summed E-state index contributed by atoms with van der Waals surface area (Å²) in [5.41, 5.74) is 1.98. The molecule has 4 aliphatic rings. The van der Waals surface area contributed by atoms with Gasteiger partial charge in [-0.25, -0.2) is 13.2 Å². The van der Waals surface area contributed by atoms with Crippen LogP contribution < -0.4 is 15.4 Å². The Morgan fingerprint density at radius 2 is 1.96 bits per heavy atom. The number of hydrogen-bond acceptors (Lipinski definition) is 9. The molecule has 0 saturated carbocycles. The molecular weight excluding hydrogens is 684 g/mol. The number of amides is 1. The molecule has 2 aromatic heterocycles. The first-order valence-electron chi connectivity index (χ1n) is 16.5. The third kappa shape index (κ3) is 5.19. The first-order chi connectivity index (χ1) is 23.9. The Bertz CT molecular complexity index is 2100. The van der Waals surface area contributed by atoms with Crippen LogP contribution in [-0.2, 0) is 11.0 Å². The molecule has 0 spiro atoms. The van der Waals surface area contributed by atoms with Crippen LogP contribution in [-0.4, -0.2) is 82.8 Å². The van der Waals surface area contributed by atoms with E-state index in [4.69, 9.17) is 10.5 Å². The topological polar surface area (TPSA) is 112 Å². The van der Waals surface area contributed by atoms with E-state index in [1.807, 2.05) is 11.0 Å². The summed E-state index contributed by atoms with van der Waals surface area (Å²) in [5.74, 6) is -2.16. The maximum Gasteiger partial charge on any atom is 0.417 e. The van der Waals surface area contributed by atoms with Gasteiger partial charge in [-0.2, -0.15) is 28.4 Å². The van der Waals surface area contributed by atoms with Gasteiger partial charge in [0.1, 0.15) is 41.0 Å². The van der Waals surface area contributed by atoms with E-state index >= 15 is 17.6 Å². The van der Waals surface area contributed by atoms with E-state index in [0.29, 0.717) is 56.7 Å². The van der Waals surface area contributed by atoms with Gasteiger partial charge < -0.3 is 20.3 Å². The summed E-state index contributed by atoms with van der Waals surface area (Å²) in [6.45, 7) is 1.99. The van der Waals surface area contributed by atoms with E-state index in [1.54, 1.807) is 9.80 Å². The van der Waals surface area contributed by atoms with Crippen molar-refractivity contribution in [3.05, 3.63) is 41.0 Å². The van der Waals surface area contributed by atoms with E-state index in [0.717, 1.165) is 24.6 Å². The fourth-order valence-corrected chi connectivity index (χ4v) is 9.35. The van der Waals surface area contributed by atoms with Crippen molar-refractivity contribution in [2.24, 2.45) is 0 Å². The standard InChI is InChI=1S/C34H31F6N7O2S/c35-17-12-33(7-1-9-46(33)14-17)16-49-32-43-28-20(31(44-32)45-8-2-10-47-18(15-45)3-6-24(47)48)11-22(34(38,39)40)26(27(28)37)19-4-5-23(36)29-25(19)21(13-41)30(42)50-29/h4-5,11,17-18H,1-3,6-10,12,14-16,42H2. The van der Waals surface area contributed by atoms with Gasteiger partial charge in [0.05, 0.1) is 21.4 Å². The summed E-state index contributed by atoms with van der Waals surface area (Å²) in [6.07, 6.45) is -2.99. The van der Waals surface area contributed by atoms with Gasteiger partial charge in [0.25, 0.3) is 0 Å². The zero-order valence-electron chi connectivity index (χ0n) is 26.6. The lowest BCUT2D eigenvalue weighted by Gasteiger charge is -2.31. The lowest BCUT2D eigenvalue weighted by Crippen LogP contribution is -2.43. The molecule has 8 rings (SSSR count). The number of fused-ring (bicyclic) bond motifs is 4. The van der Waals surface area contributed by atoms with Crippen molar-refractivity contribution in [3.8, 4) is 23.2 Å². The van der Waals surface area contributed by atoms with Crippen LogP contribution in [0.3, 0.4) is 0 Å². The molecule has 4 saturated heterocycles. The maximum atomic E-state index is 17.1. The molecule has 2 N–H and O–H groups in total. The van der Waals surface area contributed by atoms with Gasteiger partial charge in [-0.05, 0) is 49.9 Å². The molecule has 2 aromatic carbocycles. The molecule has 1 amide bonds. The second-order valence-electron chi connectivity index (χ2n) is 13.5. The molecule has 4 aliphatic heterocycles. The van der Waals surface area contributed by atoms with Gasteiger partial charge in [0.2, 0.25) is 5.91 Å². The Morgan fingerprint density at radius 3 is 2.74 bits per heavy atom. The van der Waals surface area contributed by atoms with Crippen LogP contribution in [0.5, 0.6) is 6.01 Å². The highest BCUT2D eigenvalue weighted by Gasteiger charge is 2.49. The molecular formula is C34H31F6N7O2S. The number of thiophene rings is 1. The van der Waals surface area contributed by atoms with Gasteiger partial charge in [-0.3, -0.25) is 9.69 Å². The highest BCUT2D eigenvalue weighted by Crippen LogP contribution is 2.48. The highest BCUT2D eigenvalue weighted by molar-refractivity contribution is 7.23. The number of nitrogens with zero attached hydrogens (tertiary/aromatic N) is 6. The Balaban J connectivity index is 1.34. The number of nitrogens with two attached hydrogens (primary N) is 1. The minimum absolute atomic E-state index is 0.00276. The van der Waals surface area contributed by atoms with Gasteiger partial charge in [-0.15, -0.1) is 11.3 Å². The molecule has 6 heterocycles. The van der Waals surface area contributed by atoms with E-state index in [-0.39, 0.29) is 81.5 Å². The molecule has 4 fully saturated rings. The number of nitrogen functional groups attached to an aromatic ring is 1. The van der Waals surface area contributed by atoms with Crippen molar-refractivity contribution in [3.63, 3.8) is 0 Å². The van der Waals surface area contributed by atoms with Crippen LogP contribution in [0.15, 0.2) is 18.2 Å². The number of ether oxygens (including phenoxy) is 1. The van der Waals surface area contributed by atoms with Crippen molar-refractivity contribution in [1.82, 2.24) is 19.8 Å². The first-order valence-corrected chi connectivity index (χ1v) is 17.3. The van der Waals surface area contributed by atoms with Crippen molar-refractivity contribution < 1.29 is 35.9 Å². The summed E-state index contributed by atoms with van der Waals surface area (Å²) in [4.78, 5) is 27.0. The largest absolute Gasteiger partial charge is 0.461 e. The van der Waals surface area contributed by atoms with Gasteiger partial charge in [0, 0.05) is 61.4 Å². The minimum Gasteiger partial charge on any atom is -0.461 e. The molecule has 0 radical (unpaired) electrons. The monoisotopic (exact) mass is 715 g/mol. The summed E-state index contributed by atoms with van der Waals surface area (Å²) >= 11 is 0.686. The SMILES string of the molecule is N#Cc1c(N)sc2c(F)ccc(-c3c(C(F)(F)F)cc4c(N5CCCN6C(=O)CCC6C5)nc(OCC56CCCN5CC(F)C6)nc4c3F)c12. The van der Waals surface area contributed by atoms with E-state index < -0.39 is 46.2 Å².